The second-order valence-corrected chi connectivity index (χ2v) is 6.15. The monoisotopic (exact) mass is 351 g/mol. The first-order valence-corrected chi connectivity index (χ1v) is 8.35. The van der Waals surface area contributed by atoms with Crippen molar-refractivity contribution in [2.24, 2.45) is 0 Å². The maximum Gasteiger partial charge on any atom is 0.293 e. The lowest BCUT2D eigenvalue weighted by Crippen LogP contribution is -2.49. The molecule has 0 spiro atoms. The molecule has 0 aliphatic carbocycles. The number of anilines is 1. The zero-order valence-electron chi connectivity index (χ0n) is 14.0. The topological polar surface area (TPSA) is 95.4 Å². The Labute approximate surface area is 149 Å². The Balaban J connectivity index is 1.51. The van der Waals surface area contributed by atoms with E-state index in [0.717, 1.165) is 5.82 Å². The van der Waals surface area contributed by atoms with Gasteiger partial charge in [0.25, 0.3) is 11.6 Å². The molecule has 1 aliphatic rings. The highest BCUT2D eigenvalue weighted by Gasteiger charge is 2.25. The number of nitro benzene ring substituents is 1. The molecule has 1 aromatic carbocycles. The van der Waals surface area contributed by atoms with Gasteiger partial charge >= 0.3 is 0 Å². The van der Waals surface area contributed by atoms with Gasteiger partial charge < -0.3 is 14.8 Å². The van der Waals surface area contributed by atoms with E-state index in [-0.39, 0.29) is 11.6 Å². The van der Waals surface area contributed by atoms with Crippen molar-refractivity contribution in [2.45, 2.75) is 0 Å². The Morgan fingerprint density at radius 2 is 1.92 bits per heavy atom. The van der Waals surface area contributed by atoms with Crippen LogP contribution < -0.4 is 4.90 Å². The lowest BCUT2D eigenvalue weighted by atomic mass is 10.2. The van der Waals surface area contributed by atoms with Crippen LogP contribution in [0.3, 0.4) is 0 Å². The highest BCUT2D eigenvalue weighted by atomic mass is 16.6. The van der Waals surface area contributed by atoms with Crippen LogP contribution in [0.4, 0.5) is 11.5 Å². The number of carbonyl (C=O) groups excluding carboxylic acids is 1. The molecule has 0 saturated carbocycles. The molecule has 26 heavy (non-hydrogen) atoms. The summed E-state index contributed by atoms with van der Waals surface area (Å²) in [6.07, 6.45) is 1.75. The Morgan fingerprint density at radius 3 is 2.62 bits per heavy atom. The summed E-state index contributed by atoms with van der Waals surface area (Å²) in [4.78, 5) is 34.6. The molecule has 8 nitrogen and oxygen atoms in total. The number of H-pyrrole nitrogens is 1. The van der Waals surface area contributed by atoms with Crippen molar-refractivity contribution in [1.29, 1.82) is 0 Å². The number of hydrogen-bond acceptors (Lipinski definition) is 5. The van der Waals surface area contributed by atoms with Crippen molar-refractivity contribution in [1.82, 2.24) is 14.9 Å². The molecule has 0 atom stereocenters. The van der Waals surface area contributed by atoms with Gasteiger partial charge in [0.1, 0.15) is 17.0 Å². The lowest BCUT2D eigenvalue weighted by molar-refractivity contribution is -0.383. The second kappa shape index (κ2) is 6.47. The minimum Gasteiger partial charge on any atom is -0.353 e. The van der Waals surface area contributed by atoms with Crippen LogP contribution in [0.5, 0.6) is 0 Å². The van der Waals surface area contributed by atoms with E-state index in [1.54, 1.807) is 29.3 Å². The van der Waals surface area contributed by atoms with Crippen LogP contribution in [-0.2, 0) is 0 Å². The molecule has 1 saturated heterocycles. The smallest absolute Gasteiger partial charge is 0.293 e. The van der Waals surface area contributed by atoms with E-state index < -0.39 is 4.92 Å². The van der Waals surface area contributed by atoms with E-state index in [4.69, 9.17) is 0 Å². The van der Waals surface area contributed by atoms with Crippen molar-refractivity contribution in [3.63, 3.8) is 0 Å². The number of piperazine rings is 1. The summed E-state index contributed by atoms with van der Waals surface area (Å²) in [5.74, 6) is 0.761. The van der Waals surface area contributed by atoms with Gasteiger partial charge in [0, 0.05) is 43.8 Å². The molecule has 0 unspecified atom stereocenters. The number of benzene rings is 1. The third-order valence-corrected chi connectivity index (χ3v) is 4.60. The third-order valence-electron chi connectivity index (χ3n) is 4.60. The fourth-order valence-electron chi connectivity index (χ4n) is 3.26. The molecule has 132 valence electrons. The quantitative estimate of drug-likeness (QED) is 0.577. The average molecular weight is 351 g/mol. The van der Waals surface area contributed by atoms with E-state index in [0.29, 0.717) is 42.8 Å². The maximum absolute atomic E-state index is 12.8. The number of nitro groups is 1. The first-order chi connectivity index (χ1) is 12.6. The number of aromatic nitrogens is 2. The number of non-ortho nitro benzene ring substituents is 1. The second-order valence-electron chi connectivity index (χ2n) is 6.15. The van der Waals surface area contributed by atoms with Crippen LogP contribution >= 0.6 is 0 Å². The van der Waals surface area contributed by atoms with Crippen LogP contribution in [0.1, 0.15) is 10.5 Å². The van der Waals surface area contributed by atoms with Crippen molar-refractivity contribution in [2.75, 3.05) is 31.1 Å². The number of fused-ring (bicyclic) bond motifs is 1. The summed E-state index contributed by atoms with van der Waals surface area (Å²) in [6.45, 7) is 2.55. The number of pyridine rings is 1. The number of para-hydroxylation sites is 1. The molecular formula is C18H17N5O3. The van der Waals surface area contributed by atoms with E-state index in [1.807, 2.05) is 18.2 Å². The Hall–Kier alpha value is -3.42. The summed E-state index contributed by atoms with van der Waals surface area (Å²) in [7, 11) is 0. The standard InChI is InChI=1S/C18H17N5O3/c24-18(14-12-13-4-3-5-15(23(25)26)17(13)20-14)22-10-8-21(9-11-22)16-6-1-2-7-19-16/h1-7,12,20H,8-11H2. The molecular weight excluding hydrogens is 334 g/mol. The molecule has 0 radical (unpaired) electrons. The van der Waals surface area contributed by atoms with Crippen LogP contribution in [0.25, 0.3) is 10.9 Å². The molecule has 1 N–H and O–H groups in total. The molecule has 0 bridgehead atoms. The van der Waals surface area contributed by atoms with Crippen LogP contribution in [0.15, 0.2) is 48.7 Å². The highest BCUT2D eigenvalue weighted by Crippen LogP contribution is 2.26. The maximum atomic E-state index is 12.8. The minimum absolute atomic E-state index is 0.0264. The van der Waals surface area contributed by atoms with Crippen LogP contribution in [0.2, 0.25) is 0 Å². The number of rotatable bonds is 3. The zero-order valence-corrected chi connectivity index (χ0v) is 14.0. The summed E-state index contributed by atoms with van der Waals surface area (Å²) >= 11 is 0. The van der Waals surface area contributed by atoms with Gasteiger partial charge in [-0.2, -0.15) is 0 Å². The number of aromatic amines is 1. The van der Waals surface area contributed by atoms with Crippen LogP contribution in [-0.4, -0.2) is 51.9 Å². The molecule has 4 rings (SSSR count). The van der Waals surface area contributed by atoms with Gasteiger partial charge in [-0.1, -0.05) is 18.2 Å². The number of nitrogens with one attached hydrogen (secondary N) is 1. The largest absolute Gasteiger partial charge is 0.353 e. The summed E-state index contributed by atoms with van der Waals surface area (Å²) < 4.78 is 0. The van der Waals surface area contributed by atoms with Gasteiger partial charge in [0.2, 0.25) is 0 Å². The lowest BCUT2D eigenvalue weighted by Gasteiger charge is -2.35. The number of amides is 1. The zero-order chi connectivity index (χ0) is 18.1. The fraction of sp³-hybridized carbons (Fsp3) is 0.222. The molecule has 1 fully saturated rings. The number of nitrogens with zero attached hydrogens (tertiary/aromatic N) is 4. The normalized spacial score (nSPS) is 14.6. The first-order valence-electron chi connectivity index (χ1n) is 8.35. The van der Waals surface area contributed by atoms with Crippen molar-refractivity contribution in [3.05, 3.63) is 64.5 Å². The summed E-state index contributed by atoms with van der Waals surface area (Å²) in [5, 5.41) is 11.8. The minimum atomic E-state index is -0.446. The molecule has 3 heterocycles. The predicted molar refractivity (Wildman–Crippen MR) is 97.3 cm³/mol. The first kappa shape index (κ1) is 16.1. The third kappa shape index (κ3) is 2.85. The average Bonchev–Trinajstić information content (AvgIpc) is 3.12. The predicted octanol–water partition coefficient (Wildman–Crippen LogP) is 2.43. The Kier molecular flexibility index (Phi) is 4.00. The van der Waals surface area contributed by atoms with Crippen molar-refractivity contribution >= 4 is 28.3 Å². The van der Waals surface area contributed by atoms with Gasteiger partial charge in [0.15, 0.2) is 0 Å². The Morgan fingerprint density at radius 1 is 1.12 bits per heavy atom. The van der Waals surface area contributed by atoms with Crippen molar-refractivity contribution < 1.29 is 9.72 Å². The van der Waals surface area contributed by atoms with Gasteiger partial charge in [-0.05, 0) is 18.2 Å². The highest BCUT2D eigenvalue weighted by molar-refractivity contribution is 6.00. The molecule has 1 amide bonds. The Bertz CT molecular complexity index is 961. The van der Waals surface area contributed by atoms with Gasteiger partial charge in [0.05, 0.1) is 4.92 Å². The summed E-state index contributed by atoms with van der Waals surface area (Å²) in [6, 6.07) is 12.3. The van der Waals surface area contributed by atoms with Gasteiger partial charge in [-0.25, -0.2) is 4.98 Å². The molecule has 8 heteroatoms. The fourth-order valence-corrected chi connectivity index (χ4v) is 3.26. The van der Waals surface area contributed by atoms with Gasteiger partial charge in [-0.3, -0.25) is 14.9 Å². The van der Waals surface area contributed by atoms with Crippen molar-refractivity contribution in [3.8, 4) is 0 Å². The molecule has 1 aliphatic heterocycles. The SMILES string of the molecule is O=C(c1cc2cccc([N+](=O)[O-])c2[nH]1)N1CCN(c2ccccn2)CC1. The summed E-state index contributed by atoms with van der Waals surface area (Å²) in [5.41, 5.74) is 0.732. The van der Waals surface area contributed by atoms with E-state index >= 15 is 0 Å². The van der Waals surface area contributed by atoms with Gasteiger partial charge in [-0.15, -0.1) is 0 Å². The van der Waals surface area contributed by atoms with E-state index in [9.17, 15) is 14.9 Å². The molecule has 2 aromatic heterocycles. The van der Waals surface area contributed by atoms with E-state index in [1.165, 1.54) is 6.07 Å². The van der Waals surface area contributed by atoms with E-state index in [2.05, 4.69) is 14.9 Å². The number of carbonyl (C=O) groups is 1. The number of hydrogen-bond donors (Lipinski definition) is 1. The molecule has 3 aromatic rings. The van der Waals surface area contributed by atoms with Crippen LogP contribution in [0, 0.1) is 10.1 Å².